The van der Waals surface area contributed by atoms with Crippen LogP contribution >= 0.6 is 22.7 Å². The fourth-order valence-corrected chi connectivity index (χ4v) is 5.94. The monoisotopic (exact) mass is 478 g/mol. The van der Waals surface area contributed by atoms with Gasteiger partial charge in [0.2, 0.25) is 0 Å². The number of rotatable bonds is 7. The number of aliphatic hydroxyl groups is 1. The predicted molar refractivity (Wildman–Crippen MR) is 132 cm³/mol. The van der Waals surface area contributed by atoms with Crippen molar-refractivity contribution in [2.45, 2.75) is 13.3 Å². The molecule has 0 aliphatic rings. The molecule has 4 heterocycles. The summed E-state index contributed by atoms with van der Waals surface area (Å²) in [6, 6.07) is 9.68. The number of imidazole rings is 1. The van der Waals surface area contributed by atoms with Crippen molar-refractivity contribution >= 4 is 48.9 Å². The van der Waals surface area contributed by atoms with E-state index in [1.54, 1.807) is 35.1 Å². The predicted octanol–water partition coefficient (Wildman–Crippen LogP) is 5.12. The van der Waals surface area contributed by atoms with Gasteiger partial charge in [0, 0.05) is 59.8 Å². The van der Waals surface area contributed by atoms with Crippen LogP contribution in [-0.4, -0.2) is 38.7 Å². The molecule has 0 saturated heterocycles. The summed E-state index contributed by atoms with van der Waals surface area (Å²) >= 11 is 3.17. The molecule has 4 aromatic heterocycles. The molecular formula is C24H22N4O3S2. The normalized spacial score (nSPS) is 11.4. The molecule has 2 N–H and O–H groups in total. The zero-order valence-corrected chi connectivity index (χ0v) is 19.8. The number of aryl methyl sites for hydroxylation is 2. The number of amides is 1. The third-order valence-electron chi connectivity index (χ3n) is 5.33. The van der Waals surface area contributed by atoms with Crippen molar-refractivity contribution in [2.75, 3.05) is 13.2 Å². The van der Waals surface area contributed by atoms with E-state index in [0.29, 0.717) is 24.3 Å². The van der Waals surface area contributed by atoms with Gasteiger partial charge in [-0.2, -0.15) is 0 Å². The third-order valence-corrected chi connectivity index (χ3v) is 7.53. The van der Waals surface area contributed by atoms with Crippen LogP contribution in [0.2, 0.25) is 0 Å². The quantitative estimate of drug-likeness (QED) is 0.317. The zero-order chi connectivity index (χ0) is 22.9. The van der Waals surface area contributed by atoms with Crippen molar-refractivity contribution in [1.29, 1.82) is 0 Å². The maximum absolute atomic E-state index is 12.6. The molecule has 168 valence electrons. The van der Waals surface area contributed by atoms with E-state index in [2.05, 4.69) is 15.3 Å². The number of carbonyl (C=O) groups excluding carboxylic acids is 1. The minimum absolute atomic E-state index is 0.0556. The largest absolute Gasteiger partial charge is 0.456 e. The number of fused-ring (bicyclic) bond motifs is 2. The lowest BCUT2D eigenvalue weighted by molar-refractivity contribution is 0.0952. The smallest absolute Gasteiger partial charge is 0.253 e. The average Bonchev–Trinajstić information content (AvgIpc) is 3.49. The highest BCUT2D eigenvalue weighted by Gasteiger charge is 2.18. The molecule has 0 fully saturated rings. The van der Waals surface area contributed by atoms with Gasteiger partial charge < -0.3 is 19.7 Å². The van der Waals surface area contributed by atoms with E-state index < -0.39 is 0 Å². The zero-order valence-electron chi connectivity index (χ0n) is 18.2. The first-order valence-corrected chi connectivity index (χ1v) is 12.1. The van der Waals surface area contributed by atoms with E-state index in [1.165, 1.54) is 0 Å². The van der Waals surface area contributed by atoms with Gasteiger partial charge >= 0.3 is 0 Å². The first kappa shape index (κ1) is 21.6. The molecule has 0 atom stereocenters. The fraction of sp³-hybridized carbons (Fsp3) is 0.208. The molecular weight excluding hydrogens is 456 g/mol. The van der Waals surface area contributed by atoms with E-state index in [4.69, 9.17) is 9.84 Å². The van der Waals surface area contributed by atoms with Crippen LogP contribution in [0.1, 0.15) is 21.7 Å². The standard InChI is InChI=1S/C24H22N4O3S2/c1-14-21(24(30)27-7-3-11-29)16-5-4-15(12-19(16)32-14)31-18-6-8-25-17-13-20(33-22(17)18)23-26-9-10-28(23)2/h4-6,8-10,12-13,29H,3,7,11H2,1-2H3,(H,27,30). The Kier molecular flexibility index (Phi) is 5.84. The van der Waals surface area contributed by atoms with Gasteiger partial charge in [0.05, 0.1) is 20.7 Å². The van der Waals surface area contributed by atoms with Crippen LogP contribution in [-0.2, 0) is 7.05 Å². The lowest BCUT2D eigenvalue weighted by Gasteiger charge is -2.07. The number of pyridine rings is 1. The van der Waals surface area contributed by atoms with Crippen molar-refractivity contribution in [3.63, 3.8) is 0 Å². The minimum Gasteiger partial charge on any atom is -0.456 e. The summed E-state index contributed by atoms with van der Waals surface area (Å²) in [6.07, 6.45) is 5.99. The minimum atomic E-state index is -0.114. The summed E-state index contributed by atoms with van der Waals surface area (Å²) in [7, 11) is 1.97. The van der Waals surface area contributed by atoms with Gasteiger partial charge in [-0.05, 0) is 37.6 Å². The number of aliphatic hydroxyl groups excluding tert-OH is 1. The number of hydrogen-bond acceptors (Lipinski definition) is 7. The summed E-state index contributed by atoms with van der Waals surface area (Å²) < 4.78 is 10.2. The molecule has 0 saturated carbocycles. The van der Waals surface area contributed by atoms with Crippen molar-refractivity contribution < 1.29 is 14.6 Å². The number of nitrogens with zero attached hydrogens (tertiary/aromatic N) is 3. The molecule has 7 nitrogen and oxygen atoms in total. The number of benzene rings is 1. The third kappa shape index (κ3) is 4.10. The van der Waals surface area contributed by atoms with E-state index in [0.717, 1.165) is 41.6 Å². The van der Waals surface area contributed by atoms with Crippen molar-refractivity contribution in [3.8, 4) is 22.2 Å². The van der Waals surface area contributed by atoms with Crippen LogP contribution < -0.4 is 10.1 Å². The molecule has 0 aliphatic heterocycles. The second-order valence-electron chi connectivity index (χ2n) is 7.62. The molecule has 0 radical (unpaired) electrons. The van der Waals surface area contributed by atoms with Gasteiger partial charge in [0.1, 0.15) is 17.3 Å². The number of carbonyl (C=O) groups is 1. The Balaban J connectivity index is 1.45. The van der Waals surface area contributed by atoms with Crippen LogP contribution in [0.25, 0.3) is 31.0 Å². The van der Waals surface area contributed by atoms with Gasteiger partial charge in [-0.15, -0.1) is 22.7 Å². The summed E-state index contributed by atoms with van der Waals surface area (Å²) in [5, 5.41) is 12.7. The molecule has 0 unspecified atom stereocenters. The molecule has 0 spiro atoms. The fourth-order valence-electron chi connectivity index (χ4n) is 3.75. The summed E-state index contributed by atoms with van der Waals surface area (Å²) in [5.74, 6) is 2.22. The molecule has 5 rings (SSSR count). The van der Waals surface area contributed by atoms with Crippen molar-refractivity contribution in [3.05, 3.63) is 59.4 Å². The molecule has 9 heteroatoms. The molecule has 0 aliphatic carbocycles. The molecule has 1 aromatic carbocycles. The van der Waals surface area contributed by atoms with Gasteiger partial charge in [-0.3, -0.25) is 9.78 Å². The topological polar surface area (TPSA) is 89.3 Å². The number of aromatic nitrogens is 3. The van der Waals surface area contributed by atoms with Crippen LogP contribution in [0.4, 0.5) is 0 Å². The van der Waals surface area contributed by atoms with Crippen LogP contribution in [0, 0.1) is 6.92 Å². The van der Waals surface area contributed by atoms with Crippen LogP contribution in [0.5, 0.6) is 11.5 Å². The maximum atomic E-state index is 12.6. The number of hydrogen-bond donors (Lipinski definition) is 2. The lowest BCUT2D eigenvalue weighted by atomic mass is 10.1. The highest BCUT2D eigenvalue weighted by molar-refractivity contribution is 7.22. The van der Waals surface area contributed by atoms with E-state index >= 15 is 0 Å². The van der Waals surface area contributed by atoms with E-state index in [9.17, 15) is 4.79 Å². The number of nitrogens with one attached hydrogen (secondary N) is 1. The Labute approximate surface area is 198 Å². The summed E-state index contributed by atoms with van der Waals surface area (Å²) in [4.78, 5) is 23.5. The second kappa shape index (κ2) is 8.93. The Morgan fingerprint density at radius 3 is 2.85 bits per heavy atom. The summed E-state index contributed by atoms with van der Waals surface area (Å²) in [6.45, 7) is 2.45. The Morgan fingerprint density at radius 2 is 2.06 bits per heavy atom. The first-order valence-electron chi connectivity index (χ1n) is 10.5. The Bertz CT molecular complexity index is 1470. The maximum Gasteiger partial charge on any atom is 0.253 e. The van der Waals surface area contributed by atoms with Crippen LogP contribution in [0.15, 0.2) is 48.9 Å². The second-order valence-corrected chi connectivity index (χ2v) is 9.93. The van der Waals surface area contributed by atoms with Gasteiger partial charge in [-0.25, -0.2) is 4.98 Å². The molecule has 33 heavy (non-hydrogen) atoms. The summed E-state index contributed by atoms with van der Waals surface area (Å²) in [5.41, 5.74) is 1.55. The van der Waals surface area contributed by atoms with Crippen molar-refractivity contribution in [2.24, 2.45) is 7.05 Å². The van der Waals surface area contributed by atoms with Gasteiger partial charge in [-0.1, -0.05) is 0 Å². The Morgan fingerprint density at radius 1 is 1.18 bits per heavy atom. The highest BCUT2D eigenvalue weighted by Crippen LogP contribution is 2.40. The van der Waals surface area contributed by atoms with E-state index in [1.807, 2.05) is 55.1 Å². The highest BCUT2D eigenvalue weighted by atomic mass is 32.1. The first-order chi connectivity index (χ1) is 16.0. The number of thiophene rings is 2. The molecule has 5 aromatic rings. The van der Waals surface area contributed by atoms with Gasteiger partial charge in [0.25, 0.3) is 5.91 Å². The SMILES string of the molecule is Cc1sc2cc(Oc3ccnc4cc(-c5nccn5C)sc34)ccc2c1C(=O)NCCCO. The van der Waals surface area contributed by atoms with Crippen LogP contribution in [0.3, 0.4) is 0 Å². The lowest BCUT2D eigenvalue weighted by Crippen LogP contribution is -2.25. The van der Waals surface area contributed by atoms with E-state index in [-0.39, 0.29) is 12.5 Å². The molecule has 0 bridgehead atoms. The molecule has 1 amide bonds. The van der Waals surface area contributed by atoms with Crippen molar-refractivity contribution in [1.82, 2.24) is 19.9 Å². The Hall–Kier alpha value is -3.27. The average molecular weight is 479 g/mol. The number of ether oxygens (including phenoxy) is 1. The van der Waals surface area contributed by atoms with Gasteiger partial charge in [0.15, 0.2) is 0 Å².